The molecule has 1 unspecified atom stereocenters. The molecule has 1 atom stereocenters. The summed E-state index contributed by atoms with van der Waals surface area (Å²) in [6.07, 6.45) is 0. The molecule has 2 aromatic rings. The van der Waals surface area contributed by atoms with Gasteiger partial charge in [0.05, 0.1) is 11.7 Å². The van der Waals surface area contributed by atoms with E-state index in [0.717, 1.165) is 5.56 Å². The molecule has 0 fully saturated rings. The van der Waals surface area contributed by atoms with Crippen LogP contribution < -0.4 is 15.2 Å². The molecule has 104 valence electrons. The molecule has 0 amide bonds. The Morgan fingerprint density at radius 2 is 1.80 bits per heavy atom. The van der Waals surface area contributed by atoms with Gasteiger partial charge in [-0.3, -0.25) is 0 Å². The standard InChI is InChI=1S/C14H14N2O3S/c15-11-6-2-4-8-14(11)20(17,18)16-12-9-19-13-7-3-1-5-10(12)13/h1-8,12,16H,9,15H2. The van der Waals surface area contributed by atoms with Crippen LogP contribution in [0.5, 0.6) is 5.75 Å². The van der Waals surface area contributed by atoms with E-state index in [1.807, 2.05) is 24.3 Å². The molecule has 0 aliphatic carbocycles. The maximum absolute atomic E-state index is 12.4. The van der Waals surface area contributed by atoms with Gasteiger partial charge in [-0.1, -0.05) is 30.3 Å². The summed E-state index contributed by atoms with van der Waals surface area (Å²) in [6.45, 7) is 0.283. The SMILES string of the molecule is Nc1ccccc1S(=O)(=O)NC1COc2ccccc21. The summed E-state index contributed by atoms with van der Waals surface area (Å²) in [5.41, 5.74) is 6.79. The van der Waals surface area contributed by atoms with Gasteiger partial charge in [-0.05, 0) is 18.2 Å². The molecular formula is C14H14N2O3S. The second-order valence-electron chi connectivity index (χ2n) is 4.56. The number of nitrogen functional groups attached to an aromatic ring is 1. The summed E-state index contributed by atoms with van der Waals surface area (Å²) in [6, 6.07) is 13.4. The Labute approximate surface area is 117 Å². The van der Waals surface area contributed by atoms with E-state index in [9.17, 15) is 8.42 Å². The van der Waals surface area contributed by atoms with Crippen LogP contribution in [0.4, 0.5) is 5.69 Å². The number of benzene rings is 2. The van der Waals surface area contributed by atoms with Gasteiger partial charge in [0.2, 0.25) is 10.0 Å². The minimum atomic E-state index is -3.67. The number of hydrogen-bond donors (Lipinski definition) is 2. The van der Waals surface area contributed by atoms with Crippen molar-refractivity contribution >= 4 is 15.7 Å². The molecule has 1 heterocycles. The number of nitrogens with two attached hydrogens (primary N) is 1. The summed E-state index contributed by atoms with van der Waals surface area (Å²) in [4.78, 5) is 0.0874. The van der Waals surface area contributed by atoms with E-state index in [-0.39, 0.29) is 17.2 Å². The van der Waals surface area contributed by atoms with E-state index >= 15 is 0 Å². The number of nitrogens with one attached hydrogen (secondary N) is 1. The Kier molecular flexibility index (Phi) is 3.11. The maximum Gasteiger partial charge on any atom is 0.243 e. The number of sulfonamides is 1. The van der Waals surface area contributed by atoms with Crippen LogP contribution in [0.15, 0.2) is 53.4 Å². The van der Waals surface area contributed by atoms with Crippen LogP contribution in [0.25, 0.3) is 0 Å². The fourth-order valence-electron chi connectivity index (χ4n) is 2.24. The van der Waals surface area contributed by atoms with Crippen LogP contribution in [-0.2, 0) is 10.0 Å². The summed E-state index contributed by atoms with van der Waals surface area (Å²) in [7, 11) is -3.67. The molecule has 3 rings (SSSR count). The topological polar surface area (TPSA) is 81.4 Å². The predicted octanol–water partition coefficient (Wildman–Crippen LogP) is 1.68. The van der Waals surface area contributed by atoms with Gasteiger partial charge in [0.1, 0.15) is 17.3 Å². The minimum absolute atomic E-state index is 0.0874. The average Bonchev–Trinajstić information content (AvgIpc) is 2.82. The highest BCUT2D eigenvalue weighted by Gasteiger charge is 2.29. The molecule has 1 aliphatic heterocycles. The largest absolute Gasteiger partial charge is 0.491 e. The van der Waals surface area contributed by atoms with Gasteiger partial charge in [0.15, 0.2) is 0 Å². The zero-order chi connectivity index (χ0) is 14.2. The lowest BCUT2D eigenvalue weighted by molar-refractivity contribution is 0.325. The van der Waals surface area contributed by atoms with Crippen LogP contribution in [0.3, 0.4) is 0 Å². The Morgan fingerprint density at radius 1 is 1.10 bits per heavy atom. The number of para-hydroxylation sites is 2. The molecule has 0 aromatic heterocycles. The van der Waals surface area contributed by atoms with Crippen LogP contribution in [0.1, 0.15) is 11.6 Å². The van der Waals surface area contributed by atoms with Crippen molar-refractivity contribution in [2.75, 3.05) is 12.3 Å². The quantitative estimate of drug-likeness (QED) is 0.843. The van der Waals surface area contributed by atoms with Gasteiger partial charge in [-0.2, -0.15) is 4.72 Å². The third kappa shape index (κ3) is 2.23. The van der Waals surface area contributed by atoms with E-state index in [1.54, 1.807) is 18.2 Å². The number of hydrogen-bond acceptors (Lipinski definition) is 4. The second kappa shape index (κ2) is 4.81. The average molecular weight is 290 g/mol. The van der Waals surface area contributed by atoms with Gasteiger partial charge in [0.25, 0.3) is 0 Å². The Morgan fingerprint density at radius 3 is 2.60 bits per heavy atom. The molecule has 0 saturated heterocycles. The van der Waals surface area contributed by atoms with Crippen molar-refractivity contribution in [1.29, 1.82) is 0 Å². The van der Waals surface area contributed by atoms with Crippen LogP contribution in [0.2, 0.25) is 0 Å². The zero-order valence-electron chi connectivity index (χ0n) is 10.6. The molecule has 6 heteroatoms. The van der Waals surface area contributed by atoms with Crippen molar-refractivity contribution in [3.8, 4) is 5.75 Å². The van der Waals surface area contributed by atoms with Crippen molar-refractivity contribution in [1.82, 2.24) is 4.72 Å². The fourth-order valence-corrected chi connectivity index (χ4v) is 3.57. The van der Waals surface area contributed by atoms with E-state index in [1.165, 1.54) is 6.07 Å². The molecule has 3 N–H and O–H groups in total. The smallest absolute Gasteiger partial charge is 0.243 e. The van der Waals surface area contributed by atoms with Gasteiger partial charge in [-0.25, -0.2) is 8.42 Å². The predicted molar refractivity (Wildman–Crippen MR) is 75.9 cm³/mol. The molecule has 5 nitrogen and oxygen atoms in total. The monoisotopic (exact) mass is 290 g/mol. The summed E-state index contributed by atoms with van der Waals surface area (Å²) >= 11 is 0. The lowest BCUT2D eigenvalue weighted by atomic mass is 10.1. The van der Waals surface area contributed by atoms with Crippen LogP contribution >= 0.6 is 0 Å². The lowest BCUT2D eigenvalue weighted by Crippen LogP contribution is -2.30. The van der Waals surface area contributed by atoms with Gasteiger partial charge in [-0.15, -0.1) is 0 Å². The molecule has 0 radical (unpaired) electrons. The Bertz CT molecular complexity index is 744. The van der Waals surface area contributed by atoms with E-state index in [2.05, 4.69) is 4.72 Å². The molecule has 0 bridgehead atoms. The van der Waals surface area contributed by atoms with Crippen molar-refractivity contribution in [2.45, 2.75) is 10.9 Å². The number of rotatable bonds is 3. The van der Waals surface area contributed by atoms with Crippen molar-refractivity contribution in [3.63, 3.8) is 0 Å². The molecule has 0 saturated carbocycles. The fraction of sp³-hybridized carbons (Fsp3) is 0.143. The van der Waals surface area contributed by atoms with Crippen molar-refractivity contribution in [3.05, 3.63) is 54.1 Å². The molecule has 2 aromatic carbocycles. The highest BCUT2D eigenvalue weighted by atomic mass is 32.2. The number of anilines is 1. The lowest BCUT2D eigenvalue weighted by Gasteiger charge is -2.13. The zero-order valence-corrected chi connectivity index (χ0v) is 11.4. The summed E-state index contributed by atoms with van der Waals surface area (Å²) in [5.74, 6) is 0.709. The van der Waals surface area contributed by atoms with Crippen LogP contribution in [-0.4, -0.2) is 15.0 Å². The minimum Gasteiger partial charge on any atom is -0.491 e. The highest BCUT2D eigenvalue weighted by Crippen LogP contribution is 2.33. The number of ether oxygens (including phenoxy) is 1. The van der Waals surface area contributed by atoms with Crippen LogP contribution in [0, 0.1) is 0 Å². The Hall–Kier alpha value is -2.05. The summed E-state index contributed by atoms with van der Waals surface area (Å²) < 4.78 is 32.8. The maximum atomic E-state index is 12.4. The summed E-state index contributed by atoms with van der Waals surface area (Å²) in [5, 5.41) is 0. The first-order chi connectivity index (χ1) is 9.58. The first-order valence-corrected chi connectivity index (χ1v) is 7.65. The van der Waals surface area contributed by atoms with Gasteiger partial charge < -0.3 is 10.5 Å². The van der Waals surface area contributed by atoms with E-state index < -0.39 is 16.1 Å². The molecule has 0 spiro atoms. The molecule has 1 aliphatic rings. The molecule has 20 heavy (non-hydrogen) atoms. The number of fused-ring (bicyclic) bond motifs is 1. The van der Waals surface area contributed by atoms with E-state index in [4.69, 9.17) is 10.5 Å². The highest BCUT2D eigenvalue weighted by molar-refractivity contribution is 7.89. The first-order valence-electron chi connectivity index (χ1n) is 6.16. The molecular weight excluding hydrogens is 276 g/mol. The normalized spacial score (nSPS) is 17.5. The van der Waals surface area contributed by atoms with Gasteiger partial charge >= 0.3 is 0 Å². The Balaban J connectivity index is 1.91. The first kappa shape index (κ1) is 13.0. The van der Waals surface area contributed by atoms with Crippen molar-refractivity contribution in [2.24, 2.45) is 0 Å². The van der Waals surface area contributed by atoms with Gasteiger partial charge in [0, 0.05) is 5.56 Å². The second-order valence-corrected chi connectivity index (χ2v) is 6.24. The van der Waals surface area contributed by atoms with Crippen molar-refractivity contribution < 1.29 is 13.2 Å². The third-order valence-electron chi connectivity index (χ3n) is 3.21. The van der Waals surface area contributed by atoms with E-state index in [0.29, 0.717) is 5.75 Å². The third-order valence-corrected chi connectivity index (χ3v) is 4.75.